The van der Waals surface area contributed by atoms with Crippen molar-refractivity contribution in [2.45, 2.75) is 6.42 Å². The zero-order valence-corrected chi connectivity index (χ0v) is 12.7. The van der Waals surface area contributed by atoms with Gasteiger partial charge in [-0.3, -0.25) is 10.1 Å². The lowest BCUT2D eigenvalue weighted by Crippen LogP contribution is -2.39. The number of rotatable bonds is 4. The van der Waals surface area contributed by atoms with Crippen LogP contribution in [0.4, 0.5) is 0 Å². The van der Waals surface area contributed by atoms with E-state index in [4.69, 9.17) is 23.8 Å². The first-order chi connectivity index (χ1) is 8.54. The van der Waals surface area contributed by atoms with E-state index in [0.29, 0.717) is 17.1 Å². The molecule has 0 aromatic heterocycles. The van der Waals surface area contributed by atoms with Crippen molar-refractivity contribution in [3.05, 3.63) is 45.9 Å². The van der Waals surface area contributed by atoms with Gasteiger partial charge in [0.1, 0.15) is 0 Å². The van der Waals surface area contributed by atoms with Crippen LogP contribution in [-0.2, 0) is 0 Å². The van der Waals surface area contributed by atoms with Crippen LogP contribution in [0.15, 0.2) is 35.3 Å². The molecule has 18 heavy (non-hydrogen) atoms. The maximum atomic E-state index is 11.9. The molecule has 0 saturated carbocycles. The highest BCUT2D eigenvalue weighted by atomic mass is 79.9. The fourth-order valence-electron chi connectivity index (χ4n) is 1.17. The predicted molar refractivity (Wildman–Crippen MR) is 82.0 cm³/mol. The Labute approximate surface area is 125 Å². The summed E-state index contributed by atoms with van der Waals surface area (Å²) >= 11 is 14.2. The molecule has 0 saturated heterocycles. The average Bonchev–Trinajstić information content (AvgIpc) is 2.32. The van der Waals surface area contributed by atoms with Crippen LogP contribution >= 0.6 is 39.7 Å². The van der Waals surface area contributed by atoms with Crippen molar-refractivity contribution in [2.75, 3.05) is 6.54 Å². The van der Waals surface area contributed by atoms with Gasteiger partial charge in [-0.2, -0.15) is 0 Å². The van der Waals surface area contributed by atoms with Crippen LogP contribution in [-0.4, -0.2) is 17.6 Å². The summed E-state index contributed by atoms with van der Waals surface area (Å²) in [6.07, 6.45) is 2.54. The average molecular weight is 348 g/mol. The number of amides is 1. The summed E-state index contributed by atoms with van der Waals surface area (Å²) in [5.41, 5.74) is 0.374. The summed E-state index contributed by atoms with van der Waals surface area (Å²) in [4.78, 5) is 11.9. The van der Waals surface area contributed by atoms with Gasteiger partial charge >= 0.3 is 0 Å². The number of halogens is 2. The molecular weight excluding hydrogens is 336 g/mol. The Balaban J connectivity index is 2.62. The topological polar surface area (TPSA) is 41.1 Å². The lowest BCUT2D eigenvalue weighted by atomic mass is 10.2. The fourth-order valence-corrected chi connectivity index (χ4v) is 1.93. The summed E-state index contributed by atoms with van der Waals surface area (Å²) in [6, 6.07) is 5.05. The number of carbonyl (C=O) groups excluding carboxylic acids is 1. The van der Waals surface area contributed by atoms with Crippen molar-refractivity contribution in [3.8, 4) is 0 Å². The molecule has 0 heterocycles. The molecule has 0 spiro atoms. The number of nitrogens with one attached hydrogen (secondary N) is 2. The molecule has 3 nitrogen and oxygen atoms in total. The Kier molecular flexibility index (Phi) is 6.32. The molecule has 0 bridgehead atoms. The molecule has 0 fully saturated rings. The van der Waals surface area contributed by atoms with Crippen molar-refractivity contribution < 1.29 is 4.79 Å². The maximum absolute atomic E-state index is 11.9. The molecule has 0 unspecified atom stereocenters. The third kappa shape index (κ3) is 4.76. The van der Waals surface area contributed by atoms with Gasteiger partial charge in [0.05, 0.1) is 10.6 Å². The lowest BCUT2D eigenvalue weighted by molar-refractivity contribution is 0.0977. The van der Waals surface area contributed by atoms with Gasteiger partial charge < -0.3 is 5.32 Å². The standard InChI is InChI=1S/C12H12BrClN2OS/c1-2-3-6-15-12(18)16-11(17)9-7-8(13)4-5-10(9)14/h2,4-5,7H,1,3,6H2,(H2,15,16,17,18). The SMILES string of the molecule is C=CCCNC(=S)NC(=O)c1cc(Br)ccc1Cl. The zero-order chi connectivity index (χ0) is 13.5. The zero-order valence-electron chi connectivity index (χ0n) is 9.50. The summed E-state index contributed by atoms with van der Waals surface area (Å²) in [5, 5.41) is 6.11. The van der Waals surface area contributed by atoms with Crippen LogP contribution in [0.25, 0.3) is 0 Å². The molecule has 0 radical (unpaired) electrons. The second-order valence-corrected chi connectivity index (χ2v) is 5.14. The Morgan fingerprint density at radius 2 is 2.28 bits per heavy atom. The Hall–Kier alpha value is -0.910. The van der Waals surface area contributed by atoms with E-state index in [0.717, 1.165) is 10.9 Å². The van der Waals surface area contributed by atoms with E-state index in [-0.39, 0.29) is 11.0 Å². The van der Waals surface area contributed by atoms with Crippen molar-refractivity contribution in [3.63, 3.8) is 0 Å². The third-order valence-corrected chi connectivity index (χ3v) is 3.10. The number of carbonyl (C=O) groups is 1. The Morgan fingerprint density at radius 3 is 2.94 bits per heavy atom. The van der Waals surface area contributed by atoms with Gasteiger partial charge in [0.15, 0.2) is 5.11 Å². The molecule has 0 aliphatic heterocycles. The molecule has 6 heteroatoms. The van der Waals surface area contributed by atoms with Crippen LogP contribution in [0.5, 0.6) is 0 Å². The van der Waals surface area contributed by atoms with E-state index < -0.39 is 0 Å². The van der Waals surface area contributed by atoms with Crippen LogP contribution in [0.1, 0.15) is 16.8 Å². The maximum Gasteiger partial charge on any atom is 0.258 e. The van der Waals surface area contributed by atoms with Gasteiger partial charge in [0, 0.05) is 11.0 Å². The molecule has 0 aliphatic rings. The van der Waals surface area contributed by atoms with Crippen LogP contribution in [0, 0.1) is 0 Å². The molecular formula is C12H12BrClN2OS. The molecule has 1 aromatic rings. The smallest absolute Gasteiger partial charge is 0.258 e. The predicted octanol–water partition coefficient (Wildman–Crippen LogP) is 3.28. The largest absolute Gasteiger partial charge is 0.362 e. The summed E-state index contributed by atoms with van der Waals surface area (Å²) in [5.74, 6) is -0.336. The quantitative estimate of drug-likeness (QED) is 0.499. The summed E-state index contributed by atoms with van der Waals surface area (Å²) in [6.45, 7) is 4.23. The van der Waals surface area contributed by atoms with Gasteiger partial charge in [-0.25, -0.2) is 0 Å². The van der Waals surface area contributed by atoms with Gasteiger partial charge in [-0.05, 0) is 36.8 Å². The lowest BCUT2D eigenvalue weighted by Gasteiger charge is -2.09. The van der Waals surface area contributed by atoms with E-state index in [9.17, 15) is 4.79 Å². The molecule has 0 aliphatic carbocycles. The number of hydrogen-bond acceptors (Lipinski definition) is 2. The number of benzene rings is 1. The molecule has 0 atom stereocenters. The van der Waals surface area contributed by atoms with Crippen molar-refractivity contribution in [2.24, 2.45) is 0 Å². The van der Waals surface area contributed by atoms with Gasteiger partial charge in [-0.1, -0.05) is 33.6 Å². The van der Waals surface area contributed by atoms with Gasteiger partial charge in [0.2, 0.25) is 0 Å². The first-order valence-corrected chi connectivity index (χ1v) is 6.77. The molecule has 96 valence electrons. The Bertz CT molecular complexity index is 479. The minimum absolute atomic E-state index is 0.276. The fraction of sp³-hybridized carbons (Fsp3) is 0.167. The highest BCUT2D eigenvalue weighted by Gasteiger charge is 2.11. The van der Waals surface area contributed by atoms with Gasteiger partial charge in [-0.15, -0.1) is 6.58 Å². The van der Waals surface area contributed by atoms with Crippen molar-refractivity contribution >= 4 is 50.8 Å². The highest BCUT2D eigenvalue weighted by molar-refractivity contribution is 9.10. The molecule has 1 aromatic carbocycles. The second-order valence-electron chi connectivity index (χ2n) is 3.41. The van der Waals surface area contributed by atoms with Crippen LogP contribution in [0.3, 0.4) is 0 Å². The third-order valence-electron chi connectivity index (χ3n) is 2.03. The molecule has 1 amide bonds. The van der Waals surface area contributed by atoms with E-state index in [1.807, 2.05) is 0 Å². The molecule has 1 rings (SSSR count). The van der Waals surface area contributed by atoms with E-state index in [1.54, 1.807) is 24.3 Å². The Morgan fingerprint density at radius 1 is 1.56 bits per heavy atom. The summed E-state index contributed by atoms with van der Waals surface area (Å²) in [7, 11) is 0. The number of hydrogen-bond donors (Lipinski definition) is 2. The van der Waals surface area contributed by atoms with Gasteiger partial charge in [0.25, 0.3) is 5.91 Å². The second kappa shape index (κ2) is 7.51. The van der Waals surface area contributed by atoms with Crippen molar-refractivity contribution in [1.82, 2.24) is 10.6 Å². The monoisotopic (exact) mass is 346 g/mol. The molecule has 2 N–H and O–H groups in total. The first kappa shape index (κ1) is 15.1. The van der Waals surface area contributed by atoms with E-state index in [2.05, 4.69) is 33.1 Å². The number of thiocarbonyl (C=S) groups is 1. The minimum Gasteiger partial charge on any atom is -0.362 e. The summed E-state index contributed by atoms with van der Waals surface area (Å²) < 4.78 is 0.780. The van der Waals surface area contributed by atoms with E-state index in [1.165, 1.54) is 0 Å². The normalized spacial score (nSPS) is 9.67. The van der Waals surface area contributed by atoms with Crippen molar-refractivity contribution in [1.29, 1.82) is 0 Å². The highest BCUT2D eigenvalue weighted by Crippen LogP contribution is 2.20. The van der Waals surface area contributed by atoms with E-state index >= 15 is 0 Å². The minimum atomic E-state index is -0.336. The van der Waals surface area contributed by atoms with Crippen LogP contribution < -0.4 is 10.6 Å². The van der Waals surface area contributed by atoms with Crippen LogP contribution in [0.2, 0.25) is 5.02 Å². The first-order valence-electron chi connectivity index (χ1n) is 5.19.